The van der Waals surface area contributed by atoms with Gasteiger partial charge in [-0.2, -0.15) is 0 Å². The van der Waals surface area contributed by atoms with Crippen LogP contribution in [0.1, 0.15) is 19.8 Å². The molecule has 0 spiro atoms. The molecule has 0 saturated carbocycles. The summed E-state index contributed by atoms with van der Waals surface area (Å²) in [6.45, 7) is 2.64. The first-order chi connectivity index (χ1) is 6.77. The fraction of sp³-hybridized carbons (Fsp3) is 0.818. The number of aliphatic hydroxyl groups is 2. The lowest BCUT2D eigenvalue weighted by molar-refractivity contribution is -0.0399. The van der Waals surface area contributed by atoms with Crippen molar-refractivity contribution >= 4 is 0 Å². The third-order valence-corrected chi connectivity index (χ3v) is 2.87. The van der Waals surface area contributed by atoms with Crippen LogP contribution >= 0.6 is 0 Å². The number of rotatable bonds is 5. The molecule has 3 nitrogen and oxygen atoms in total. The minimum absolute atomic E-state index is 0.104. The number of aliphatic hydroxyl groups excluding tert-OH is 2. The Labute approximate surface area is 85.4 Å². The van der Waals surface area contributed by atoms with Crippen LogP contribution in [-0.4, -0.2) is 36.1 Å². The zero-order valence-electron chi connectivity index (χ0n) is 8.72. The van der Waals surface area contributed by atoms with Crippen LogP contribution in [0.2, 0.25) is 0 Å². The molecule has 0 heterocycles. The highest BCUT2D eigenvalue weighted by Crippen LogP contribution is 2.25. The van der Waals surface area contributed by atoms with E-state index in [-0.39, 0.29) is 13.2 Å². The first-order valence-electron chi connectivity index (χ1n) is 5.26. The molecule has 0 aromatic heterocycles. The normalized spacial score (nSPS) is 27.1. The molecule has 2 N–H and O–H groups in total. The van der Waals surface area contributed by atoms with Crippen LogP contribution < -0.4 is 0 Å². The molecule has 2 unspecified atom stereocenters. The average Bonchev–Trinajstić information content (AvgIpc) is 2.22. The summed E-state index contributed by atoms with van der Waals surface area (Å²) in [5, 5.41) is 17.6. The standard InChI is InChI=1S/C11H20O3/c1-9-4-2-3-5-10(9)8-14-11(6-12)7-13/h2-3,9-13H,4-8H2,1H3. The number of allylic oxidation sites excluding steroid dienone is 2. The second kappa shape index (κ2) is 6.17. The molecule has 14 heavy (non-hydrogen) atoms. The van der Waals surface area contributed by atoms with Crippen molar-refractivity contribution < 1.29 is 14.9 Å². The summed E-state index contributed by atoms with van der Waals surface area (Å²) >= 11 is 0. The van der Waals surface area contributed by atoms with Crippen molar-refractivity contribution in [3.63, 3.8) is 0 Å². The topological polar surface area (TPSA) is 49.7 Å². The first kappa shape index (κ1) is 11.7. The minimum atomic E-state index is -0.409. The van der Waals surface area contributed by atoms with Crippen LogP contribution in [0.15, 0.2) is 12.2 Å². The van der Waals surface area contributed by atoms with Crippen molar-refractivity contribution in [2.24, 2.45) is 11.8 Å². The molecule has 1 aliphatic rings. The van der Waals surface area contributed by atoms with E-state index < -0.39 is 6.10 Å². The zero-order chi connectivity index (χ0) is 10.4. The lowest BCUT2D eigenvalue weighted by atomic mass is 9.85. The Morgan fingerprint density at radius 3 is 2.50 bits per heavy atom. The van der Waals surface area contributed by atoms with Crippen molar-refractivity contribution in [2.75, 3.05) is 19.8 Å². The highest BCUT2D eigenvalue weighted by molar-refractivity contribution is 4.93. The Balaban J connectivity index is 2.26. The van der Waals surface area contributed by atoms with Gasteiger partial charge in [0.2, 0.25) is 0 Å². The molecule has 0 bridgehead atoms. The van der Waals surface area contributed by atoms with Gasteiger partial charge in [-0.15, -0.1) is 0 Å². The maximum absolute atomic E-state index is 8.82. The predicted octanol–water partition coefficient (Wildman–Crippen LogP) is 0.958. The van der Waals surface area contributed by atoms with Gasteiger partial charge < -0.3 is 14.9 Å². The fourth-order valence-electron chi connectivity index (χ4n) is 1.66. The Kier molecular flexibility index (Phi) is 5.15. The van der Waals surface area contributed by atoms with Gasteiger partial charge in [0, 0.05) is 0 Å². The predicted molar refractivity (Wildman–Crippen MR) is 54.9 cm³/mol. The molecule has 0 amide bonds. The highest BCUT2D eigenvalue weighted by atomic mass is 16.5. The van der Waals surface area contributed by atoms with E-state index in [1.807, 2.05) is 0 Å². The summed E-state index contributed by atoms with van der Waals surface area (Å²) in [6, 6.07) is 0. The van der Waals surface area contributed by atoms with Crippen LogP contribution in [0.25, 0.3) is 0 Å². The van der Waals surface area contributed by atoms with Gasteiger partial charge in [-0.25, -0.2) is 0 Å². The fourth-order valence-corrected chi connectivity index (χ4v) is 1.66. The maximum atomic E-state index is 8.82. The maximum Gasteiger partial charge on any atom is 0.104 e. The number of hydrogen-bond donors (Lipinski definition) is 2. The summed E-state index contributed by atoms with van der Waals surface area (Å²) in [4.78, 5) is 0. The smallest absolute Gasteiger partial charge is 0.104 e. The lowest BCUT2D eigenvalue weighted by Gasteiger charge is -2.26. The van der Waals surface area contributed by atoms with E-state index in [0.29, 0.717) is 18.4 Å². The van der Waals surface area contributed by atoms with Gasteiger partial charge in [-0.1, -0.05) is 19.1 Å². The largest absolute Gasteiger partial charge is 0.394 e. The summed E-state index contributed by atoms with van der Waals surface area (Å²) in [7, 11) is 0. The van der Waals surface area contributed by atoms with Crippen LogP contribution in [0.3, 0.4) is 0 Å². The van der Waals surface area contributed by atoms with E-state index in [4.69, 9.17) is 14.9 Å². The summed E-state index contributed by atoms with van der Waals surface area (Å²) in [5.41, 5.74) is 0. The molecule has 82 valence electrons. The van der Waals surface area contributed by atoms with E-state index >= 15 is 0 Å². The molecule has 0 radical (unpaired) electrons. The van der Waals surface area contributed by atoms with Crippen LogP contribution in [0.4, 0.5) is 0 Å². The van der Waals surface area contributed by atoms with Gasteiger partial charge in [0.1, 0.15) is 6.10 Å². The quantitative estimate of drug-likeness (QED) is 0.650. The minimum Gasteiger partial charge on any atom is -0.394 e. The van der Waals surface area contributed by atoms with Gasteiger partial charge in [-0.3, -0.25) is 0 Å². The Bertz CT molecular complexity index is 175. The van der Waals surface area contributed by atoms with Gasteiger partial charge in [0.05, 0.1) is 19.8 Å². The van der Waals surface area contributed by atoms with E-state index in [9.17, 15) is 0 Å². The molecule has 3 heteroatoms. The third kappa shape index (κ3) is 3.40. The van der Waals surface area contributed by atoms with E-state index in [0.717, 1.165) is 12.8 Å². The number of ether oxygens (including phenoxy) is 1. The van der Waals surface area contributed by atoms with Gasteiger partial charge in [-0.05, 0) is 24.7 Å². The van der Waals surface area contributed by atoms with Gasteiger partial charge in [0.15, 0.2) is 0 Å². The molecular weight excluding hydrogens is 180 g/mol. The molecule has 1 aliphatic carbocycles. The summed E-state index contributed by atoms with van der Waals surface area (Å²) in [6.07, 6.45) is 6.13. The van der Waals surface area contributed by atoms with Crippen LogP contribution in [0.5, 0.6) is 0 Å². The second-order valence-electron chi connectivity index (χ2n) is 4.00. The molecule has 0 aromatic carbocycles. The Hall–Kier alpha value is -0.380. The monoisotopic (exact) mass is 200 g/mol. The van der Waals surface area contributed by atoms with Gasteiger partial charge >= 0.3 is 0 Å². The van der Waals surface area contributed by atoms with Crippen molar-refractivity contribution in [2.45, 2.75) is 25.9 Å². The van der Waals surface area contributed by atoms with Crippen LogP contribution in [0, 0.1) is 11.8 Å². The van der Waals surface area contributed by atoms with Crippen molar-refractivity contribution in [3.05, 3.63) is 12.2 Å². The molecular formula is C11H20O3. The Morgan fingerprint density at radius 2 is 1.93 bits per heavy atom. The van der Waals surface area contributed by atoms with E-state index in [1.54, 1.807) is 0 Å². The van der Waals surface area contributed by atoms with Gasteiger partial charge in [0.25, 0.3) is 0 Å². The molecule has 0 aromatic rings. The van der Waals surface area contributed by atoms with Crippen molar-refractivity contribution in [1.82, 2.24) is 0 Å². The SMILES string of the molecule is CC1CC=CCC1COC(CO)CO. The summed E-state index contributed by atoms with van der Waals surface area (Å²) < 4.78 is 5.42. The molecule has 0 fully saturated rings. The lowest BCUT2D eigenvalue weighted by Crippen LogP contribution is -2.28. The molecule has 0 saturated heterocycles. The molecule has 1 rings (SSSR count). The second-order valence-corrected chi connectivity index (χ2v) is 4.00. The summed E-state index contributed by atoms with van der Waals surface area (Å²) in [5.74, 6) is 1.17. The molecule has 0 aliphatic heterocycles. The third-order valence-electron chi connectivity index (χ3n) is 2.87. The number of hydrogen-bond acceptors (Lipinski definition) is 3. The Morgan fingerprint density at radius 1 is 1.29 bits per heavy atom. The zero-order valence-corrected chi connectivity index (χ0v) is 8.72. The average molecular weight is 200 g/mol. The highest BCUT2D eigenvalue weighted by Gasteiger charge is 2.19. The van der Waals surface area contributed by atoms with Crippen LogP contribution in [-0.2, 0) is 4.74 Å². The van der Waals surface area contributed by atoms with E-state index in [2.05, 4.69) is 19.1 Å². The van der Waals surface area contributed by atoms with E-state index in [1.165, 1.54) is 0 Å². The first-order valence-corrected chi connectivity index (χ1v) is 5.26. The van der Waals surface area contributed by atoms with Crippen molar-refractivity contribution in [1.29, 1.82) is 0 Å². The van der Waals surface area contributed by atoms with Crippen molar-refractivity contribution in [3.8, 4) is 0 Å². The molecule has 2 atom stereocenters.